The summed E-state index contributed by atoms with van der Waals surface area (Å²) in [4.78, 5) is 14.4. The normalized spacial score (nSPS) is 11.3. The zero-order valence-corrected chi connectivity index (χ0v) is 11.8. The molecule has 0 atom stereocenters. The zero-order valence-electron chi connectivity index (χ0n) is 11.8. The lowest BCUT2D eigenvalue weighted by Crippen LogP contribution is -2.10. The van der Waals surface area contributed by atoms with Gasteiger partial charge in [0.25, 0.3) is 0 Å². The van der Waals surface area contributed by atoms with Gasteiger partial charge in [0.2, 0.25) is 0 Å². The number of fused-ring (bicyclic) bond motifs is 2. The summed E-state index contributed by atoms with van der Waals surface area (Å²) >= 11 is 0. The average molecular weight is 278 g/mol. The standard InChI is InChI=1S/C16H14N4O/c1-20(2)14-8-7-12-16(18-14)19-15(17-12)11-9-21-13-6-4-3-5-10(11)13/h3-9H,1-2H3,(H,17,18,19). The van der Waals surface area contributed by atoms with Gasteiger partial charge in [-0.05, 0) is 18.2 Å². The lowest BCUT2D eigenvalue weighted by Gasteiger charge is -2.09. The maximum atomic E-state index is 5.57. The molecular formula is C16H14N4O. The van der Waals surface area contributed by atoms with Crippen LogP contribution >= 0.6 is 0 Å². The molecule has 0 fully saturated rings. The number of imidazole rings is 1. The minimum atomic E-state index is 0.710. The van der Waals surface area contributed by atoms with Gasteiger partial charge in [0.15, 0.2) is 5.65 Å². The average Bonchev–Trinajstić information content (AvgIpc) is 3.09. The number of aromatic amines is 1. The fourth-order valence-corrected chi connectivity index (χ4v) is 2.42. The van der Waals surface area contributed by atoms with E-state index in [1.54, 1.807) is 6.26 Å². The number of hydrogen-bond donors (Lipinski definition) is 1. The third-order valence-corrected chi connectivity index (χ3v) is 3.53. The number of furan rings is 1. The summed E-state index contributed by atoms with van der Waals surface area (Å²) in [5, 5.41) is 1.05. The van der Waals surface area contributed by atoms with E-state index in [-0.39, 0.29) is 0 Å². The molecule has 1 N–H and O–H groups in total. The van der Waals surface area contributed by atoms with Crippen LogP contribution in [0.3, 0.4) is 0 Å². The molecule has 104 valence electrons. The molecule has 0 aliphatic carbocycles. The van der Waals surface area contributed by atoms with Crippen LogP contribution < -0.4 is 4.90 Å². The molecule has 5 heteroatoms. The monoisotopic (exact) mass is 278 g/mol. The number of anilines is 1. The quantitative estimate of drug-likeness (QED) is 0.610. The minimum absolute atomic E-state index is 0.710. The van der Waals surface area contributed by atoms with Crippen molar-refractivity contribution in [1.82, 2.24) is 15.0 Å². The number of para-hydroxylation sites is 1. The molecule has 0 saturated heterocycles. The van der Waals surface area contributed by atoms with Crippen molar-refractivity contribution in [3.63, 3.8) is 0 Å². The van der Waals surface area contributed by atoms with Gasteiger partial charge in [-0.15, -0.1) is 0 Å². The number of nitrogens with one attached hydrogen (secondary N) is 1. The molecule has 4 aromatic rings. The highest BCUT2D eigenvalue weighted by atomic mass is 16.3. The number of hydrogen-bond acceptors (Lipinski definition) is 4. The van der Waals surface area contributed by atoms with E-state index in [1.165, 1.54) is 0 Å². The van der Waals surface area contributed by atoms with Gasteiger partial charge in [-0.2, -0.15) is 0 Å². The van der Waals surface area contributed by atoms with E-state index in [0.29, 0.717) is 5.65 Å². The molecule has 0 unspecified atom stereocenters. The Morgan fingerprint density at radius 3 is 2.76 bits per heavy atom. The molecule has 0 radical (unpaired) electrons. The topological polar surface area (TPSA) is 58.0 Å². The van der Waals surface area contributed by atoms with Crippen LogP contribution in [0.2, 0.25) is 0 Å². The summed E-state index contributed by atoms with van der Waals surface area (Å²) in [6.07, 6.45) is 1.73. The van der Waals surface area contributed by atoms with Crippen molar-refractivity contribution < 1.29 is 4.42 Å². The van der Waals surface area contributed by atoms with Crippen molar-refractivity contribution >= 4 is 28.0 Å². The van der Waals surface area contributed by atoms with Crippen molar-refractivity contribution in [1.29, 1.82) is 0 Å². The molecule has 0 saturated carbocycles. The molecule has 0 bridgehead atoms. The molecule has 5 nitrogen and oxygen atoms in total. The second-order valence-corrected chi connectivity index (χ2v) is 5.17. The predicted octanol–water partition coefficient (Wildman–Crippen LogP) is 3.44. The van der Waals surface area contributed by atoms with Crippen molar-refractivity contribution in [3.05, 3.63) is 42.7 Å². The smallest absolute Gasteiger partial charge is 0.180 e. The van der Waals surface area contributed by atoms with E-state index < -0.39 is 0 Å². The number of nitrogens with zero attached hydrogens (tertiary/aromatic N) is 3. The third kappa shape index (κ3) is 1.86. The SMILES string of the molecule is CN(C)c1ccc2[nH]c(-c3coc4ccccc34)nc2n1. The molecule has 0 amide bonds. The van der Waals surface area contributed by atoms with Crippen LogP contribution in [0.5, 0.6) is 0 Å². The molecule has 4 rings (SSSR count). The largest absolute Gasteiger partial charge is 0.464 e. The number of H-pyrrole nitrogens is 1. The zero-order chi connectivity index (χ0) is 14.4. The van der Waals surface area contributed by atoms with E-state index in [2.05, 4.69) is 15.0 Å². The molecule has 3 heterocycles. The van der Waals surface area contributed by atoms with Gasteiger partial charge in [0, 0.05) is 19.5 Å². The Labute approximate surface area is 121 Å². The van der Waals surface area contributed by atoms with Crippen molar-refractivity contribution in [2.75, 3.05) is 19.0 Å². The van der Waals surface area contributed by atoms with Crippen LogP contribution in [-0.4, -0.2) is 29.0 Å². The molecule has 0 aliphatic rings. The fourth-order valence-electron chi connectivity index (χ4n) is 2.42. The van der Waals surface area contributed by atoms with Crippen molar-refractivity contribution in [3.8, 4) is 11.4 Å². The van der Waals surface area contributed by atoms with E-state index in [4.69, 9.17) is 4.42 Å². The van der Waals surface area contributed by atoms with Gasteiger partial charge in [0.1, 0.15) is 23.5 Å². The van der Waals surface area contributed by atoms with Gasteiger partial charge in [-0.3, -0.25) is 0 Å². The molecule has 0 spiro atoms. The van der Waals surface area contributed by atoms with Crippen molar-refractivity contribution in [2.45, 2.75) is 0 Å². The summed E-state index contributed by atoms with van der Waals surface area (Å²) in [5.41, 5.74) is 3.44. The van der Waals surface area contributed by atoms with E-state index in [0.717, 1.165) is 33.7 Å². The van der Waals surface area contributed by atoms with Gasteiger partial charge < -0.3 is 14.3 Å². The molecule has 1 aromatic carbocycles. The Bertz CT molecular complexity index is 936. The molecule has 3 aromatic heterocycles. The number of aromatic nitrogens is 3. The maximum absolute atomic E-state index is 5.57. The van der Waals surface area contributed by atoms with Crippen LogP contribution in [0.15, 0.2) is 47.1 Å². The highest BCUT2D eigenvalue weighted by Crippen LogP contribution is 2.29. The van der Waals surface area contributed by atoms with Gasteiger partial charge >= 0.3 is 0 Å². The van der Waals surface area contributed by atoms with Crippen LogP contribution in [0, 0.1) is 0 Å². The highest BCUT2D eigenvalue weighted by molar-refractivity contribution is 5.93. The maximum Gasteiger partial charge on any atom is 0.180 e. The third-order valence-electron chi connectivity index (χ3n) is 3.53. The molecule has 0 aliphatic heterocycles. The van der Waals surface area contributed by atoms with Crippen LogP contribution in [0.4, 0.5) is 5.82 Å². The second kappa shape index (κ2) is 4.34. The summed E-state index contributed by atoms with van der Waals surface area (Å²) < 4.78 is 5.57. The Hall–Kier alpha value is -2.82. The predicted molar refractivity (Wildman–Crippen MR) is 83.4 cm³/mol. The first-order valence-corrected chi connectivity index (χ1v) is 6.73. The Morgan fingerprint density at radius 2 is 1.90 bits per heavy atom. The fraction of sp³-hybridized carbons (Fsp3) is 0.125. The highest BCUT2D eigenvalue weighted by Gasteiger charge is 2.12. The van der Waals surface area contributed by atoms with E-state index in [9.17, 15) is 0 Å². The van der Waals surface area contributed by atoms with E-state index >= 15 is 0 Å². The number of rotatable bonds is 2. The Kier molecular flexibility index (Phi) is 2.47. The second-order valence-electron chi connectivity index (χ2n) is 5.17. The number of pyridine rings is 1. The van der Waals surface area contributed by atoms with Crippen molar-refractivity contribution in [2.24, 2.45) is 0 Å². The molecular weight excluding hydrogens is 264 g/mol. The van der Waals surface area contributed by atoms with Gasteiger partial charge in [-0.1, -0.05) is 18.2 Å². The first kappa shape index (κ1) is 12.0. The minimum Gasteiger partial charge on any atom is -0.464 e. The lowest BCUT2D eigenvalue weighted by molar-refractivity contribution is 0.616. The van der Waals surface area contributed by atoms with Crippen LogP contribution in [-0.2, 0) is 0 Å². The first-order chi connectivity index (χ1) is 10.2. The summed E-state index contributed by atoms with van der Waals surface area (Å²) in [5.74, 6) is 1.66. The first-order valence-electron chi connectivity index (χ1n) is 6.73. The van der Waals surface area contributed by atoms with Crippen LogP contribution in [0.25, 0.3) is 33.5 Å². The summed E-state index contributed by atoms with van der Waals surface area (Å²) in [6.45, 7) is 0. The van der Waals surface area contributed by atoms with E-state index in [1.807, 2.05) is 55.4 Å². The van der Waals surface area contributed by atoms with Gasteiger partial charge in [-0.25, -0.2) is 9.97 Å². The Balaban J connectivity index is 1.90. The molecule has 21 heavy (non-hydrogen) atoms. The number of benzene rings is 1. The van der Waals surface area contributed by atoms with Crippen LogP contribution in [0.1, 0.15) is 0 Å². The summed E-state index contributed by atoms with van der Waals surface area (Å²) in [6, 6.07) is 11.9. The lowest BCUT2D eigenvalue weighted by atomic mass is 10.2. The Morgan fingerprint density at radius 1 is 1.05 bits per heavy atom. The van der Waals surface area contributed by atoms with Gasteiger partial charge in [0.05, 0.1) is 11.1 Å². The summed E-state index contributed by atoms with van der Waals surface area (Å²) in [7, 11) is 3.93.